The van der Waals surface area contributed by atoms with Gasteiger partial charge in [-0.25, -0.2) is 8.42 Å². The van der Waals surface area contributed by atoms with Crippen LogP contribution in [0.3, 0.4) is 0 Å². The summed E-state index contributed by atoms with van der Waals surface area (Å²) in [5, 5.41) is 1.16. The van der Waals surface area contributed by atoms with Crippen LogP contribution in [0, 0.1) is 0 Å². The molecule has 120 valence electrons. The van der Waals surface area contributed by atoms with Gasteiger partial charge in [0.05, 0.1) is 31.7 Å². The molecule has 1 atom stereocenters. The highest BCUT2D eigenvalue weighted by Gasteiger charge is 2.32. The minimum absolute atomic E-state index is 0.117. The molecule has 6 nitrogen and oxygen atoms in total. The molecule has 0 aromatic heterocycles. The number of hydrogen-bond donors (Lipinski definition) is 0. The fraction of sp³-hybridized carbons (Fsp3) is 0.400. The zero-order valence-electron chi connectivity index (χ0n) is 12.8. The zero-order valence-corrected chi connectivity index (χ0v) is 13.6. The quantitative estimate of drug-likeness (QED) is 0.825. The minimum Gasteiger partial charge on any atom is -0.497 e. The van der Waals surface area contributed by atoms with E-state index in [0.717, 1.165) is 5.41 Å². The van der Waals surface area contributed by atoms with Crippen molar-refractivity contribution in [3.05, 3.63) is 29.7 Å². The van der Waals surface area contributed by atoms with Gasteiger partial charge in [-0.3, -0.25) is 4.79 Å². The van der Waals surface area contributed by atoms with Gasteiger partial charge < -0.3 is 14.4 Å². The average molecular weight is 325 g/mol. The molecular weight excluding hydrogens is 306 g/mol. The maximum Gasteiger partial charge on any atom is 0.227 e. The molecule has 1 aliphatic heterocycles. The third-order valence-electron chi connectivity index (χ3n) is 3.46. The molecular formula is C15H19NO5S. The predicted molar refractivity (Wildman–Crippen MR) is 84.0 cm³/mol. The summed E-state index contributed by atoms with van der Waals surface area (Å²) < 4.78 is 33.8. The van der Waals surface area contributed by atoms with E-state index in [0.29, 0.717) is 17.2 Å². The summed E-state index contributed by atoms with van der Waals surface area (Å²) >= 11 is 0. The van der Waals surface area contributed by atoms with Crippen molar-refractivity contribution in [2.24, 2.45) is 0 Å². The molecule has 0 spiro atoms. The lowest BCUT2D eigenvalue weighted by Crippen LogP contribution is -2.41. The van der Waals surface area contributed by atoms with E-state index in [1.807, 2.05) is 0 Å². The molecule has 7 heteroatoms. The van der Waals surface area contributed by atoms with Crippen molar-refractivity contribution >= 4 is 21.4 Å². The predicted octanol–water partition coefficient (Wildman–Crippen LogP) is 1.76. The van der Waals surface area contributed by atoms with Crippen molar-refractivity contribution in [1.29, 1.82) is 0 Å². The van der Waals surface area contributed by atoms with Crippen molar-refractivity contribution in [2.45, 2.75) is 19.4 Å². The molecule has 22 heavy (non-hydrogen) atoms. The molecule has 0 unspecified atom stereocenters. The lowest BCUT2D eigenvalue weighted by atomic mass is 10.1. The van der Waals surface area contributed by atoms with Crippen LogP contribution in [0.4, 0.5) is 5.69 Å². The molecule has 0 saturated heterocycles. The number of carbonyl (C=O) groups excluding carboxylic acids is 1. The Balaban J connectivity index is 2.47. The number of anilines is 1. The number of methoxy groups -OCH3 is 2. The van der Waals surface area contributed by atoms with Gasteiger partial charge in [0, 0.05) is 17.9 Å². The molecule has 0 fully saturated rings. The molecule has 0 radical (unpaired) electrons. The second-order valence-corrected chi connectivity index (χ2v) is 6.81. The van der Waals surface area contributed by atoms with Gasteiger partial charge in [-0.2, -0.15) is 0 Å². The standard InChI is InChI=1S/C15H19NO5S/c1-4-15(17)16(11-7-8-22(18,19)10-11)13-6-5-12(20-2)9-14(13)21-3/h5-9,11H,4,10H2,1-3H3/t11-/m1/s1. The summed E-state index contributed by atoms with van der Waals surface area (Å²) in [5.74, 6) is 0.765. The molecule has 0 saturated carbocycles. The van der Waals surface area contributed by atoms with Crippen LogP contribution in [0.15, 0.2) is 29.7 Å². The second kappa shape index (κ2) is 6.39. The Bertz CT molecular complexity index is 696. The summed E-state index contributed by atoms with van der Waals surface area (Å²) in [6, 6.07) is 4.54. The number of ether oxygens (including phenoxy) is 2. The SMILES string of the molecule is CCC(=O)N(c1ccc(OC)cc1OC)[C@@H]1C=CS(=O)(=O)C1. The maximum atomic E-state index is 12.3. The van der Waals surface area contributed by atoms with Crippen molar-refractivity contribution < 1.29 is 22.7 Å². The van der Waals surface area contributed by atoms with Crippen molar-refractivity contribution in [3.8, 4) is 11.5 Å². The van der Waals surface area contributed by atoms with Crippen molar-refractivity contribution in [2.75, 3.05) is 24.9 Å². The average Bonchev–Trinajstić information content (AvgIpc) is 2.87. The molecule has 1 aliphatic rings. The highest BCUT2D eigenvalue weighted by molar-refractivity contribution is 7.94. The topological polar surface area (TPSA) is 72.9 Å². The third kappa shape index (κ3) is 3.24. The van der Waals surface area contributed by atoms with E-state index in [1.54, 1.807) is 25.1 Å². The first-order valence-electron chi connectivity index (χ1n) is 6.87. The fourth-order valence-electron chi connectivity index (χ4n) is 2.37. The molecule has 2 rings (SSSR count). The molecule has 0 aliphatic carbocycles. The molecule has 0 N–H and O–H groups in total. The second-order valence-electron chi connectivity index (χ2n) is 4.88. The van der Waals surface area contributed by atoms with E-state index in [-0.39, 0.29) is 18.1 Å². The maximum absolute atomic E-state index is 12.3. The molecule has 1 aromatic carbocycles. The van der Waals surface area contributed by atoms with Gasteiger partial charge in [0.15, 0.2) is 9.84 Å². The highest BCUT2D eigenvalue weighted by Crippen LogP contribution is 2.35. The monoisotopic (exact) mass is 325 g/mol. The number of sulfone groups is 1. The molecule has 1 aromatic rings. The number of hydrogen-bond acceptors (Lipinski definition) is 5. The smallest absolute Gasteiger partial charge is 0.227 e. The van der Waals surface area contributed by atoms with Crippen molar-refractivity contribution in [3.63, 3.8) is 0 Å². The summed E-state index contributed by atoms with van der Waals surface area (Å²) in [7, 11) is -0.231. The molecule has 1 amide bonds. The van der Waals surface area contributed by atoms with Gasteiger partial charge in [0.25, 0.3) is 0 Å². The van der Waals surface area contributed by atoms with Crippen LogP contribution in [0.5, 0.6) is 11.5 Å². The van der Waals surface area contributed by atoms with E-state index in [2.05, 4.69) is 0 Å². The lowest BCUT2D eigenvalue weighted by Gasteiger charge is -2.28. The minimum atomic E-state index is -3.26. The summed E-state index contributed by atoms with van der Waals surface area (Å²) in [6.45, 7) is 1.73. The lowest BCUT2D eigenvalue weighted by molar-refractivity contribution is -0.118. The van der Waals surface area contributed by atoms with Crippen LogP contribution in [0.1, 0.15) is 13.3 Å². The van der Waals surface area contributed by atoms with Crippen LogP contribution >= 0.6 is 0 Å². The van der Waals surface area contributed by atoms with Gasteiger partial charge in [0.1, 0.15) is 11.5 Å². The van der Waals surface area contributed by atoms with Gasteiger partial charge in [0.2, 0.25) is 5.91 Å². The number of amides is 1. The number of carbonyl (C=O) groups is 1. The largest absolute Gasteiger partial charge is 0.497 e. The van der Waals surface area contributed by atoms with Gasteiger partial charge in [-0.15, -0.1) is 0 Å². The van der Waals surface area contributed by atoms with Gasteiger partial charge in [-0.05, 0) is 18.2 Å². The van der Waals surface area contributed by atoms with Crippen molar-refractivity contribution in [1.82, 2.24) is 0 Å². The van der Waals surface area contributed by atoms with Crippen LogP contribution in [-0.4, -0.2) is 40.3 Å². The summed E-state index contributed by atoms with van der Waals surface area (Å²) in [4.78, 5) is 13.8. The van der Waals surface area contributed by atoms with E-state index >= 15 is 0 Å². The van der Waals surface area contributed by atoms with Crippen LogP contribution in [-0.2, 0) is 14.6 Å². The first-order valence-corrected chi connectivity index (χ1v) is 8.58. The Morgan fingerprint density at radius 1 is 1.32 bits per heavy atom. The Morgan fingerprint density at radius 2 is 2.05 bits per heavy atom. The number of rotatable bonds is 5. The van der Waals surface area contributed by atoms with Gasteiger partial charge in [-0.1, -0.05) is 6.92 Å². The Kier molecular flexibility index (Phi) is 4.75. The number of benzene rings is 1. The fourth-order valence-corrected chi connectivity index (χ4v) is 3.64. The van der Waals surface area contributed by atoms with Crippen LogP contribution < -0.4 is 14.4 Å². The summed E-state index contributed by atoms with van der Waals surface area (Å²) in [6.07, 6.45) is 1.80. The highest BCUT2D eigenvalue weighted by atomic mass is 32.2. The van der Waals surface area contributed by atoms with E-state index in [4.69, 9.17) is 9.47 Å². The normalized spacial score (nSPS) is 19.0. The Morgan fingerprint density at radius 3 is 2.55 bits per heavy atom. The number of nitrogens with zero attached hydrogens (tertiary/aromatic N) is 1. The van der Waals surface area contributed by atoms with Crippen LogP contribution in [0.25, 0.3) is 0 Å². The first kappa shape index (κ1) is 16.4. The first-order chi connectivity index (χ1) is 10.4. The van der Waals surface area contributed by atoms with E-state index in [1.165, 1.54) is 25.2 Å². The Labute approximate surface area is 130 Å². The summed E-state index contributed by atoms with van der Waals surface area (Å²) in [5.41, 5.74) is 0.530. The molecule has 0 bridgehead atoms. The van der Waals surface area contributed by atoms with E-state index < -0.39 is 15.9 Å². The van der Waals surface area contributed by atoms with Gasteiger partial charge >= 0.3 is 0 Å². The zero-order chi connectivity index (χ0) is 16.3. The molecule has 1 heterocycles. The third-order valence-corrected chi connectivity index (χ3v) is 4.84. The van der Waals surface area contributed by atoms with E-state index in [9.17, 15) is 13.2 Å². The Hall–Kier alpha value is -2.02. The van der Waals surface area contributed by atoms with Crippen LogP contribution in [0.2, 0.25) is 0 Å².